The lowest BCUT2D eigenvalue weighted by molar-refractivity contribution is 0.866. The van der Waals surface area contributed by atoms with Crippen LogP contribution in [0.2, 0.25) is 0 Å². The number of nitrogens with one attached hydrogen (secondary N) is 1. The molecule has 1 aromatic rings. The fourth-order valence-electron chi connectivity index (χ4n) is 1.91. The minimum atomic E-state index is 0.286. The van der Waals surface area contributed by atoms with Crippen molar-refractivity contribution in [3.63, 3.8) is 0 Å². The van der Waals surface area contributed by atoms with Crippen LogP contribution in [-0.4, -0.2) is 32.3 Å². The highest BCUT2D eigenvalue weighted by atomic mass is 32.1. The number of benzene rings is 1. The Labute approximate surface area is 115 Å². The monoisotopic (exact) mass is 266 g/mol. The lowest BCUT2D eigenvalue weighted by Gasteiger charge is -2.25. The lowest BCUT2D eigenvalue weighted by atomic mass is 10.2. The summed E-state index contributed by atoms with van der Waals surface area (Å²) in [6, 6.07) is 6.25. The molecular weight excluding hydrogens is 244 g/mol. The Balaban J connectivity index is 3.14. The first-order chi connectivity index (χ1) is 8.49. The van der Waals surface area contributed by atoms with Gasteiger partial charge in [0.1, 0.15) is 0 Å². The first-order valence-corrected chi connectivity index (χ1v) is 6.53. The molecule has 0 amide bonds. The van der Waals surface area contributed by atoms with Gasteiger partial charge in [0, 0.05) is 32.9 Å². The van der Waals surface area contributed by atoms with Crippen LogP contribution in [0.3, 0.4) is 0 Å². The van der Waals surface area contributed by atoms with Crippen molar-refractivity contribution >= 4 is 34.4 Å². The van der Waals surface area contributed by atoms with E-state index in [1.807, 2.05) is 25.1 Å². The van der Waals surface area contributed by atoms with Crippen molar-refractivity contribution in [2.75, 3.05) is 42.3 Å². The molecule has 0 spiro atoms. The second-order valence-corrected chi connectivity index (χ2v) is 4.70. The van der Waals surface area contributed by atoms with Crippen LogP contribution in [0.1, 0.15) is 13.8 Å². The average Bonchev–Trinajstić information content (AvgIpc) is 2.31. The fraction of sp³-hybridized carbons (Fsp3) is 0.462. The van der Waals surface area contributed by atoms with Gasteiger partial charge in [0.25, 0.3) is 0 Å². The number of rotatable bonds is 5. The molecule has 0 aliphatic heterocycles. The molecule has 0 atom stereocenters. The van der Waals surface area contributed by atoms with Gasteiger partial charge in [0.2, 0.25) is 0 Å². The van der Waals surface area contributed by atoms with Gasteiger partial charge < -0.3 is 20.9 Å². The summed E-state index contributed by atoms with van der Waals surface area (Å²) in [6.07, 6.45) is 0. The Morgan fingerprint density at radius 1 is 1.28 bits per heavy atom. The first-order valence-electron chi connectivity index (χ1n) is 6.12. The van der Waals surface area contributed by atoms with Gasteiger partial charge in [0.05, 0.1) is 11.4 Å². The van der Waals surface area contributed by atoms with Crippen molar-refractivity contribution in [3.8, 4) is 0 Å². The van der Waals surface area contributed by atoms with Crippen LogP contribution < -0.4 is 20.9 Å². The van der Waals surface area contributed by atoms with Crippen molar-refractivity contribution in [2.45, 2.75) is 13.8 Å². The van der Waals surface area contributed by atoms with E-state index in [0.29, 0.717) is 0 Å². The Hall–Kier alpha value is -1.49. The predicted molar refractivity (Wildman–Crippen MR) is 84.7 cm³/mol. The summed E-state index contributed by atoms with van der Waals surface area (Å²) in [7, 11) is 4.01. The van der Waals surface area contributed by atoms with Gasteiger partial charge in [-0.15, -0.1) is 0 Å². The number of hydrogen-bond acceptors (Lipinski definition) is 3. The average molecular weight is 266 g/mol. The van der Waals surface area contributed by atoms with Gasteiger partial charge in [-0.25, -0.2) is 0 Å². The Bertz CT molecular complexity index is 413. The maximum Gasteiger partial charge on any atom is 0.168 e. The van der Waals surface area contributed by atoms with Gasteiger partial charge in [-0.3, -0.25) is 0 Å². The second kappa shape index (κ2) is 6.44. The zero-order chi connectivity index (χ0) is 13.7. The van der Waals surface area contributed by atoms with Crippen molar-refractivity contribution in [3.05, 3.63) is 18.2 Å². The number of hydrogen-bond donors (Lipinski definition) is 2. The highest BCUT2D eigenvalue weighted by Crippen LogP contribution is 2.29. The number of nitrogens with zero attached hydrogens (tertiary/aromatic N) is 2. The summed E-state index contributed by atoms with van der Waals surface area (Å²) in [5, 5.41) is 3.29. The van der Waals surface area contributed by atoms with E-state index in [1.165, 1.54) is 5.69 Å². The molecule has 0 radical (unpaired) electrons. The van der Waals surface area contributed by atoms with E-state index in [0.717, 1.165) is 24.5 Å². The van der Waals surface area contributed by atoms with Crippen molar-refractivity contribution in [2.24, 2.45) is 5.73 Å². The molecule has 0 fully saturated rings. The second-order valence-electron chi connectivity index (χ2n) is 4.26. The molecule has 3 N–H and O–H groups in total. The molecule has 0 bridgehead atoms. The number of nitrogens with two attached hydrogens (primary N) is 1. The van der Waals surface area contributed by atoms with Gasteiger partial charge in [-0.05, 0) is 44.3 Å². The van der Waals surface area contributed by atoms with Gasteiger partial charge in [0.15, 0.2) is 5.11 Å². The van der Waals surface area contributed by atoms with E-state index in [2.05, 4.69) is 36.2 Å². The van der Waals surface area contributed by atoms with E-state index < -0.39 is 0 Å². The van der Waals surface area contributed by atoms with Crippen LogP contribution in [0.5, 0.6) is 0 Å². The third kappa shape index (κ3) is 3.50. The van der Waals surface area contributed by atoms with E-state index in [9.17, 15) is 0 Å². The summed E-state index contributed by atoms with van der Waals surface area (Å²) in [4.78, 5) is 4.35. The summed E-state index contributed by atoms with van der Waals surface area (Å²) in [5.74, 6) is 0. The summed E-state index contributed by atoms with van der Waals surface area (Å²) < 4.78 is 0. The lowest BCUT2D eigenvalue weighted by Crippen LogP contribution is -2.24. The molecule has 0 aliphatic carbocycles. The third-order valence-corrected chi connectivity index (χ3v) is 2.95. The van der Waals surface area contributed by atoms with Crippen LogP contribution in [0.15, 0.2) is 18.2 Å². The molecule has 0 heterocycles. The van der Waals surface area contributed by atoms with Crippen LogP contribution in [0, 0.1) is 0 Å². The quantitative estimate of drug-likeness (QED) is 0.800. The molecule has 0 saturated heterocycles. The van der Waals surface area contributed by atoms with E-state index in [1.54, 1.807) is 0 Å². The van der Waals surface area contributed by atoms with Crippen molar-refractivity contribution < 1.29 is 0 Å². The normalized spacial score (nSPS) is 10.0. The van der Waals surface area contributed by atoms with Crippen LogP contribution in [0.25, 0.3) is 0 Å². The maximum absolute atomic E-state index is 5.54. The summed E-state index contributed by atoms with van der Waals surface area (Å²) >= 11 is 4.89. The van der Waals surface area contributed by atoms with Crippen molar-refractivity contribution in [1.29, 1.82) is 0 Å². The van der Waals surface area contributed by atoms with Gasteiger partial charge in [-0.1, -0.05) is 0 Å². The highest BCUT2D eigenvalue weighted by Gasteiger charge is 2.09. The smallest absolute Gasteiger partial charge is 0.168 e. The van der Waals surface area contributed by atoms with E-state index in [-0.39, 0.29) is 5.11 Å². The Morgan fingerprint density at radius 3 is 2.33 bits per heavy atom. The van der Waals surface area contributed by atoms with Crippen LogP contribution >= 0.6 is 12.2 Å². The number of thiocarbonyl (C=S) groups is 1. The molecule has 0 unspecified atom stereocenters. The molecule has 100 valence electrons. The topological polar surface area (TPSA) is 44.5 Å². The molecular formula is C13H22N4S. The molecule has 0 saturated carbocycles. The van der Waals surface area contributed by atoms with E-state index in [4.69, 9.17) is 18.0 Å². The minimum absolute atomic E-state index is 0.286. The molecule has 0 aromatic heterocycles. The zero-order valence-corrected chi connectivity index (χ0v) is 12.3. The summed E-state index contributed by atoms with van der Waals surface area (Å²) in [5.41, 5.74) is 8.75. The van der Waals surface area contributed by atoms with Crippen LogP contribution in [0.4, 0.5) is 17.1 Å². The van der Waals surface area contributed by atoms with Gasteiger partial charge >= 0.3 is 0 Å². The number of anilines is 3. The summed E-state index contributed by atoms with van der Waals surface area (Å²) in [6.45, 7) is 6.29. The molecule has 4 nitrogen and oxygen atoms in total. The molecule has 18 heavy (non-hydrogen) atoms. The maximum atomic E-state index is 5.54. The minimum Gasteiger partial charge on any atom is -0.376 e. The zero-order valence-electron chi connectivity index (χ0n) is 11.5. The Morgan fingerprint density at radius 2 is 1.89 bits per heavy atom. The SMILES string of the molecule is CCN(CC)c1ccc(NC(N)=S)c(N(C)C)c1. The van der Waals surface area contributed by atoms with Gasteiger partial charge in [-0.2, -0.15) is 0 Å². The molecule has 0 aliphatic rings. The first kappa shape index (κ1) is 14.6. The van der Waals surface area contributed by atoms with Crippen LogP contribution in [-0.2, 0) is 0 Å². The molecule has 1 aromatic carbocycles. The largest absolute Gasteiger partial charge is 0.376 e. The molecule has 5 heteroatoms. The highest BCUT2D eigenvalue weighted by molar-refractivity contribution is 7.80. The predicted octanol–water partition coefficient (Wildman–Crippen LogP) is 2.25. The van der Waals surface area contributed by atoms with Crippen molar-refractivity contribution in [1.82, 2.24) is 0 Å². The third-order valence-electron chi connectivity index (χ3n) is 2.85. The fourth-order valence-corrected chi connectivity index (χ4v) is 2.02. The van der Waals surface area contributed by atoms with E-state index >= 15 is 0 Å². The standard InChI is InChI=1S/C13H22N4S/c1-5-17(6-2)10-7-8-11(15-13(14)18)12(9-10)16(3)4/h7-9H,5-6H2,1-4H3,(H3,14,15,18). The molecule has 1 rings (SSSR count). The Kier molecular flexibility index (Phi) is 5.22.